The first-order valence-corrected chi connectivity index (χ1v) is 9.09. The fourth-order valence-electron chi connectivity index (χ4n) is 3.35. The van der Waals surface area contributed by atoms with Crippen LogP contribution < -0.4 is 9.80 Å². The number of aromatic nitrogens is 3. The van der Waals surface area contributed by atoms with Gasteiger partial charge in [0.05, 0.1) is 37.6 Å². The maximum absolute atomic E-state index is 11.8. The largest absolute Gasteiger partial charge is 0.378 e. The summed E-state index contributed by atoms with van der Waals surface area (Å²) in [7, 11) is 0. The van der Waals surface area contributed by atoms with E-state index in [0.717, 1.165) is 5.69 Å². The number of nitro groups is 1. The van der Waals surface area contributed by atoms with Crippen LogP contribution in [0.5, 0.6) is 0 Å². The molecule has 2 saturated heterocycles. The van der Waals surface area contributed by atoms with Crippen LogP contribution in [0.2, 0.25) is 0 Å². The highest BCUT2D eigenvalue weighted by atomic mass is 16.6. The Morgan fingerprint density at radius 3 is 2.11 bits per heavy atom. The lowest BCUT2D eigenvalue weighted by molar-refractivity contribution is -0.384. The zero-order valence-corrected chi connectivity index (χ0v) is 15.3. The molecule has 0 atom stereocenters. The molecule has 0 radical (unpaired) electrons. The molecule has 11 nitrogen and oxygen atoms in total. The van der Waals surface area contributed by atoms with Crippen molar-refractivity contribution in [2.75, 3.05) is 62.4 Å². The van der Waals surface area contributed by atoms with Crippen LogP contribution in [-0.2, 0) is 9.47 Å². The van der Waals surface area contributed by atoms with Crippen molar-refractivity contribution >= 4 is 23.3 Å². The number of hydrogen-bond donors (Lipinski definition) is 0. The van der Waals surface area contributed by atoms with E-state index in [1.165, 1.54) is 17.3 Å². The standard InChI is InChI=1S/C17H21N7O4/c25-24(26)17-9-14(11-20-23-12-18-19-13-23)15(21-1-5-27-6-2-21)10-16(17)22-3-7-28-8-4-22/h9-13H,1-8H2/b20-11+. The lowest BCUT2D eigenvalue weighted by atomic mass is 10.1. The van der Waals surface area contributed by atoms with Gasteiger partial charge in [-0.25, -0.2) is 4.68 Å². The van der Waals surface area contributed by atoms with Gasteiger partial charge in [0, 0.05) is 43.5 Å². The predicted molar refractivity (Wildman–Crippen MR) is 102 cm³/mol. The molecule has 2 aromatic rings. The summed E-state index contributed by atoms with van der Waals surface area (Å²) >= 11 is 0. The Labute approximate surface area is 161 Å². The molecule has 148 valence electrons. The van der Waals surface area contributed by atoms with Gasteiger partial charge in [-0.2, -0.15) is 5.10 Å². The number of nitro benzene ring substituents is 1. The van der Waals surface area contributed by atoms with E-state index < -0.39 is 0 Å². The molecule has 0 aliphatic carbocycles. The molecule has 0 unspecified atom stereocenters. The van der Waals surface area contributed by atoms with E-state index in [-0.39, 0.29) is 10.6 Å². The molecule has 3 heterocycles. The van der Waals surface area contributed by atoms with Crippen molar-refractivity contribution in [3.63, 3.8) is 0 Å². The maximum Gasteiger partial charge on any atom is 0.293 e. The summed E-state index contributed by atoms with van der Waals surface area (Å²) in [4.78, 5) is 15.6. The molecule has 1 aromatic carbocycles. The number of hydrogen-bond acceptors (Lipinski definition) is 9. The van der Waals surface area contributed by atoms with Gasteiger partial charge in [-0.15, -0.1) is 10.2 Å². The number of nitrogens with zero attached hydrogens (tertiary/aromatic N) is 7. The fraction of sp³-hybridized carbons (Fsp3) is 0.471. The number of ether oxygens (including phenoxy) is 2. The summed E-state index contributed by atoms with van der Waals surface area (Å²) in [6, 6.07) is 3.48. The van der Waals surface area contributed by atoms with Gasteiger partial charge in [0.1, 0.15) is 18.3 Å². The zero-order chi connectivity index (χ0) is 19.3. The van der Waals surface area contributed by atoms with Crippen molar-refractivity contribution < 1.29 is 14.4 Å². The van der Waals surface area contributed by atoms with Crippen LogP contribution in [0.3, 0.4) is 0 Å². The highest BCUT2D eigenvalue weighted by molar-refractivity contribution is 5.92. The van der Waals surface area contributed by atoms with Gasteiger partial charge in [0.25, 0.3) is 5.69 Å². The van der Waals surface area contributed by atoms with Crippen molar-refractivity contribution in [3.05, 3.63) is 40.5 Å². The second-order valence-corrected chi connectivity index (χ2v) is 6.44. The molecule has 11 heteroatoms. The lowest BCUT2D eigenvalue weighted by Gasteiger charge is -2.33. The molecule has 28 heavy (non-hydrogen) atoms. The number of morpholine rings is 2. The van der Waals surface area contributed by atoms with Crippen LogP contribution in [0.15, 0.2) is 29.9 Å². The Morgan fingerprint density at radius 2 is 1.54 bits per heavy atom. The molecular formula is C17H21N7O4. The quantitative estimate of drug-likeness (QED) is 0.420. The van der Waals surface area contributed by atoms with Crippen LogP contribution in [0.4, 0.5) is 17.1 Å². The molecule has 2 aliphatic rings. The molecule has 0 amide bonds. The first kappa shape index (κ1) is 18.3. The summed E-state index contributed by atoms with van der Waals surface area (Å²) in [5.41, 5.74) is 2.23. The zero-order valence-electron chi connectivity index (χ0n) is 15.3. The van der Waals surface area contributed by atoms with Crippen molar-refractivity contribution in [2.24, 2.45) is 5.10 Å². The van der Waals surface area contributed by atoms with E-state index in [0.29, 0.717) is 63.9 Å². The first-order valence-electron chi connectivity index (χ1n) is 9.09. The number of rotatable bonds is 5. The molecule has 0 bridgehead atoms. The van der Waals surface area contributed by atoms with Crippen molar-refractivity contribution in [1.82, 2.24) is 14.9 Å². The normalized spacial score (nSPS) is 18.0. The average molecular weight is 387 g/mol. The highest BCUT2D eigenvalue weighted by Gasteiger charge is 2.26. The molecule has 2 aliphatic heterocycles. The Bertz CT molecular complexity index is 843. The minimum atomic E-state index is -0.343. The predicted octanol–water partition coefficient (Wildman–Crippen LogP) is 0.742. The van der Waals surface area contributed by atoms with Crippen LogP contribution in [0, 0.1) is 10.1 Å². The van der Waals surface area contributed by atoms with Gasteiger partial charge in [0.2, 0.25) is 0 Å². The molecule has 1 aromatic heterocycles. The summed E-state index contributed by atoms with van der Waals surface area (Å²) in [6.45, 7) is 5.02. The van der Waals surface area contributed by atoms with Gasteiger partial charge in [-0.1, -0.05) is 0 Å². The lowest BCUT2D eigenvalue weighted by Crippen LogP contribution is -2.38. The minimum Gasteiger partial charge on any atom is -0.378 e. The molecule has 0 saturated carbocycles. The third-order valence-electron chi connectivity index (χ3n) is 4.76. The van der Waals surface area contributed by atoms with E-state index in [2.05, 4.69) is 20.2 Å². The number of benzene rings is 1. The highest BCUT2D eigenvalue weighted by Crippen LogP contribution is 2.36. The monoisotopic (exact) mass is 387 g/mol. The van der Waals surface area contributed by atoms with Crippen LogP contribution in [0.1, 0.15) is 5.56 Å². The Kier molecular flexibility index (Phi) is 5.44. The third kappa shape index (κ3) is 3.94. The summed E-state index contributed by atoms with van der Waals surface area (Å²) in [5, 5.41) is 23.5. The van der Waals surface area contributed by atoms with Crippen LogP contribution in [-0.4, -0.2) is 78.6 Å². The summed E-state index contributed by atoms with van der Waals surface area (Å²) in [6.07, 6.45) is 4.52. The Morgan fingerprint density at radius 1 is 0.964 bits per heavy atom. The third-order valence-corrected chi connectivity index (χ3v) is 4.76. The summed E-state index contributed by atoms with van der Waals surface area (Å²) < 4.78 is 12.3. The Hall–Kier alpha value is -3.05. The maximum atomic E-state index is 11.8. The molecule has 4 rings (SSSR count). The van der Waals surface area contributed by atoms with E-state index >= 15 is 0 Å². The molecule has 0 N–H and O–H groups in total. The van der Waals surface area contributed by atoms with Gasteiger partial charge in [-0.05, 0) is 6.07 Å². The van der Waals surface area contributed by atoms with E-state index in [1.54, 1.807) is 12.3 Å². The van der Waals surface area contributed by atoms with Gasteiger partial charge in [-0.3, -0.25) is 10.1 Å². The average Bonchev–Trinajstić information content (AvgIpc) is 3.26. The smallest absolute Gasteiger partial charge is 0.293 e. The van der Waals surface area contributed by atoms with Crippen molar-refractivity contribution in [1.29, 1.82) is 0 Å². The van der Waals surface area contributed by atoms with Gasteiger partial charge >= 0.3 is 0 Å². The van der Waals surface area contributed by atoms with Crippen molar-refractivity contribution in [3.8, 4) is 0 Å². The van der Waals surface area contributed by atoms with Gasteiger partial charge < -0.3 is 19.3 Å². The van der Waals surface area contributed by atoms with Crippen LogP contribution >= 0.6 is 0 Å². The van der Waals surface area contributed by atoms with E-state index in [4.69, 9.17) is 9.47 Å². The topological polar surface area (TPSA) is 111 Å². The molecule has 0 spiro atoms. The summed E-state index contributed by atoms with van der Waals surface area (Å²) in [5.74, 6) is 0. The second kappa shape index (κ2) is 8.31. The SMILES string of the molecule is O=[N+]([O-])c1cc(/C=N/n2cnnc2)c(N2CCOCC2)cc1N1CCOCC1. The minimum absolute atomic E-state index is 0.0594. The second-order valence-electron chi connectivity index (χ2n) is 6.44. The number of anilines is 2. The Balaban J connectivity index is 1.77. The van der Waals surface area contributed by atoms with Crippen molar-refractivity contribution in [2.45, 2.75) is 0 Å². The fourth-order valence-corrected chi connectivity index (χ4v) is 3.35. The van der Waals surface area contributed by atoms with E-state index in [9.17, 15) is 10.1 Å². The first-order chi connectivity index (χ1) is 13.7. The van der Waals surface area contributed by atoms with Gasteiger partial charge in [0.15, 0.2) is 0 Å². The molecular weight excluding hydrogens is 366 g/mol. The van der Waals surface area contributed by atoms with E-state index in [1.807, 2.05) is 11.0 Å². The van der Waals surface area contributed by atoms with Crippen LogP contribution in [0.25, 0.3) is 0 Å². The molecule has 2 fully saturated rings.